The predicted molar refractivity (Wildman–Crippen MR) is 132 cm³/mol. The number of amides is 1. The van der Waals surface area contributed by atoms with Crippen LogP contribution in [0.4, 0.5) is 0 Å². The van der Waals surface area contributed by atoms with Crippen LogP contribution in [0.15, 0.2) is 96.4 Å². The van der Waals surface area contributed by atoms with E-state index in [1.807, 2.05) is 41.2 Å². The number of nitrogens with one attached hydrogen (secondary N) is 1. The van der Waals surface area contributed by atoms with Crippen LogP contribution in [0.25, 0.3) is 5.69 Å². The van der Waals surface area contributed by atoms with Gasteiger partial charge in [-0.2, -0.15) is 5.10 Å². The molecule has 1 heterocycles. The van der Waals surface area contributed by atoms with Gasteiger partial charge in [-0.3, -0.25) is 4.79 Å². The molecule has 0 unspecified atom stereocenters. The van der Waals surface area contributed by atoms with E-state index < -0.39 is 5.97 Å². The van der Waals surface area contributed by atoms with E-state index in [0.29, 0.717) is 28.2 Å². The summed E-state index contributed by atoms with van der Waals surface area (Å²) in [7, 11) is 2.95. The van der Waals surface area contributed by atoms with E-state index in [1.165, 1.54) is 20.4 Å². The van der Waals surface area contributed by atoms with Gasteiger partial charge in [-0.15, -0.1) is 0 Å². The van der Waals surface area contributed by atoms with E-state index in [2.05, 4.69) is 10.5 Å². The van der Waals surface area contributed by atoms with Crippen molar-refractivity contribution in [3.8, 4) is 22.9 Å². The summed E-state index contributed by atoms with van der Waals surface area (Å²) in [6.07, 6.45) is 5.21. The Labute approximate surface area is 202 Å². The zero-order chi connectivity index (χ0) is 24.6. The van der Waals surface area contributed by atoms with Gasteiger partial charge in [0, 0.05) is 12.4 Å². The molecule has 0 bridgehead atoms. The Bertz CT molecular complexity index is 1360. The molecular formula is C27H23N3O5. The molecule has 4 aromatic rings. The van der Waals surface area contributed by atoms with Crippen molar-refractivity contribution in [2.24, 2.45) is 5.10 Å². The molecule has 1 N–H and O–H groups in total. The summed E-state index contributed by atoms with van der Waals surface area (Å²) in [5.74, 6) is 0.0664. The highest BCUT2D eigenvalue weighted by Gasteiger charge is 2.17. The topological polar surface area (TPSA) is 91.1 Å². The molecule has 176 valence electrons. The molecule has 3 aromatic carbocycles. The standard InChI is InChI=1S/C27H23N3O5/c1-33-23-12-6-4-10-21(23)27(32)35-24-14-13-19(17-25(24)34-2)18-28-29-26(31)20-9-3-5-11-22(20)30-15-7-8-16-30/h3-18H,1-2H3,(H,29,31)/b28-18+. The highest BCUT2D eigenvalue weighted by molar-refractivity contribution is 5.98. The lowest BCUT2D eigenvalue weighted by Crippen LogP contribution is -2.19. The number of carbonyl (C=O) groups excluding carboxylic acids is 2. The highest BCUT2D eigenvalue weighted by Crippen LogP contribution is 2.29. The van der Waals surface area contributed by atoms with E-state index in [0.717, 1.165) is 5.69 Å². The maximum atomic E-state index is 12.7. The van der Waals surface area contributed by atoms with Crippen LogP contribution in [0, 0.1) is 0 Å². The van der Waals surface area contributed by atoms with Gasteiger partial charge >= 0.3 is 5.97 Å². The van der Waals surface area contributed by atoms with Crippen molar-refractivity contribution in [1.82, 2.24) is 9.99 Å². The van der Waals surface area contributed by atoms with Gasteiger partial charge in [0.1, 0.15) is 11.3 Å². The monoisotopic (exact) mass is 469 g/mol. The Kier molecular flexibility index (Phi) is 7.22. The van der Waals surface area contributed by atoms with Gasteiger partial charge in [-0.25, -0.2) is 10.2 Å². The van der Waals surface area contributed by atoms with E-state index in [9.17, 15) is 9.59 Å². The number of para-hydroxylation sites is 2. The fraction of sp³-hybridized carbons (Fsp3) is 0.0741. The van der Waals surface area contributed by atoms with Crippen LogP contribution in [0.3, 0.4) is 0 Å². The minimum Gasteiger partial charge on any atom is -0.496 e. The van der Waals surface area contributed by atoms with Crippen LogP contribution in [0.2, 0.25) is 0 Å². The smallest absolute Gasteiger partial charge is 0.347 e. The van der Waals surface area contributed by atoms with E-state index in [4.69, 9.17) is 14.2 Å². The van der Waals surface area contributed by atoms with Crippen LogP contribution in [0.5, 0.6) is 17.2 Å². The first-order chi connectivity index (χ1) is 17.1. The lowest BCUT2D eigenvalue weighted by atomic mass is 10.1. The van der Waals surface area contributed by atoms with Crippen LogP contribution >= 0.6 is 0 Å². The van der Waals surface area contributed by atoms with Crippen molar-refractivity contribution in [2.45, 2.75) is 0 Å². The second-order valence-corrected chi connectivity index (χ2v) is 7.31. The minimum atomic E-state index is -0.573. The number of hydrazone groups is 1. The Hall–Kier alpha value is -4.85. The van der Waals surface area contributed by atoms with Crippen LogP contribution in [-0.2, 0) is 0 Å². The van der Waals surface area contributed by atoms with Crippen LogP contribution in [-0.4, -0.2) is 36.9 Å². The minimum absolute atomic E-state index is 0.241. The molecule has 35 heavy (non-hydrogen) atoms. The predicted octanol–water partition coefficient (Wildman–Crippen LogP) is 4.48. The lowest BCUT2D eigenvalue weighted by Gasteiger charge is -2.11. The van der Waals surface area contributed by atoms with E-state index in [-0.39, 0.29) is 11.7 Å². The third-order valence-electron chi connectivity index (χ3n) is 5.13. The van der Waals surface area contributed by atoms with Gasteiger partial charge in [-0.1, -0.05) is 24.3 Å². The number of methoxy groups -OCH3 is 2. The molecule has 1 amide bonds. The number of rotatable bonds is 8. The van der Waals surface area contributed by atoms with Gasteiger partial charge in [-0.05, 0) is 60.2 Å². The zero-order valence-electron chi connectivity index (χ0n) is 19.2. The molecular weight excluding hydrogens is 446 g/mol. The van der Waals surface area contributed by atoms with Crippen molar-refractivity contribution in [2.75, 3.05) is 14.2 Å². The van der Waals surface area contributed by atoms with Crippen LogP contribution in [0.1, 0.15) is 26.3 Å². The molecule has 4 rings (SSSR count). The fourth-order valence-corrected chi connectivity index (χ4v) is 3.43. The third-order valence-corrected chi connectivity index (χ3v) is 5.13. The molecule has 0 radical (unpaired) electrons. The Morgan fingerprint density at radius 2 is 1.49 bits per heavy atom. The number of nitrogens with zero attached hydrogens (tertiary/aromatic N) is 2. The maximum Gasteiger partial charge on any atom is 0.347 e. The Balaban J connectivity index is 1.46. The molecule has 0 aliphatic rings. The van der Waals surface area contributed by atoms with E-state index >= 15 is 0 Å². The van der Waals surface area contributed by atoms with Gasteiger partial charge in [0.2, 0.25) is 0 Å². The number of hydrogen-bond donors (Lipinski definition) is 1. The summed E-state index contributed by atoms with van der Waals surface area (Å²) in [6.45, 7) is 0. The molecule has 0 aliphatic carbocycles. The summed E-state index contributed by atoms with van der Waals surface area (Å²) in [6, 6.07) is 22.7. The highest BCUT2D eigenvalue weighted by atomic mass is 16.6. The normalized spacial score (nSPS) is 10.7. The number of ether oxygens (including phenoxy) is 3. The van der Waals surface area contributed by atoms with Gasteiger partial charge in [0.15, 0.2) is 11.5 Å². The molecule has 0 aliphatic heterocycles. The summed E-state index contributed by atoms with van der Waals surface area (Å²) in [5, 5.41) is 4.06. The zero-order valence-corrected chi connectivity index (χ0v) is 19.2. The summed E-state index contributed by atoms with van der Waals surface area (Å²) < 4.78 is 18.0. The number of carbonyl (C=O) groups is 2. The van der Waals surface area contributed by atoms with Crippen molar-refractivity contribution >= 4 is 18.1 Å². The molecule has 0 atom stereocenters. The Morgan fingerprint density at radius 1 is 0.800 bits per heavy atom. The molecule has 0 saturated heterocycles. The van der Waals surface area contributed by atoms with Gasteiger partial charge in [0.25, 0.3) is 5.91 Å². The lowest BCUT2D eigenvalue weighted by molar-refractivity contribution is 0.0726. The van der Waals surface area contributed by atoms with Crippen molar-refractivity contribution < 1.29 is 23.8 Å². The number of aromatic nitrogens is 1. The first kappa shape index (κ1) is 23.3. The SMILES string of the molecule is COc1cc(/C=N/NC(=O)c2ccccc2-n2cccc2)ccc1OC(=O)c1ccccc1OC. The molecule has 0 fully saturated rings. The summed E-state index contributed by atoms with van der Waals surface area (Å²) in [4.78, 5) is 25.3. The van der Waals surface area contributed by atoms with Crippen LogP contribution < -0.4 is 19.6 Å². The molecule has 0 saturated carbocycles. The Morgan fingerprint density at radius 3 is 2.23 bits per heavy atom. The fourth-order valence-electron chi connectivity index (χ4n) is 3.43. The summed E-state index contributed by atoms with van der Waals surface area (Å²) >= 11 is 0. The first-order valence-corrected chi connectivity index (χ1v) is 10.7. The van der Waals surface area contributed by atoms with Gasteiger partial charge in [0.05, 0.1) is 31.7 Å². The largest absolute Gasteiger partial charge is 0.496 e. The number of hydrogen-bond acceptors (Lipinski definition) is 6. The molecule has 8 nitrogen and oxygen atoms in total. The third kappa shape index (κ3) is 5.39. The maximum absolute atomic E-state index is 12.7. The second-order valence-electron chi connectivity index (χ2n) is 7.31. The number of esters is 1. The second kappa shape index (κ2) is 10.8. The molecule has 0 spiro atoms. The first-order valence-electron chi connectivity index (χ1n) is 10.7. The molecule has 8 heteroatoms. The summed E-state index contributed by atoms with van der Waals surface area (Å²) in [5.41, 5.74) is 4.71. The number of benzene rings is 3. The van der Waals surface area contributed by atoms with Crippen molar-refractivity contribution in [3.05, 3.63) is 108 Å². The van der Waals surface area contributed by atoms with E-state index in [1.54, 1.807) is 54.6 Å². The van der Waals surface area contributed by atoms with Crippen molar-refractivity contribution in [1.29, 1.82) is 0 Å². The van der Waals surface area contributed by atoms with Crippen molar-refractivity contribution in [3.63, 3.8) is 0 Å². The average Bonchev–Trinajstić information content (AvgIpc) is 3.44. The molecule has 1 aromatic heterocycles. The average molecular weight is 469 g/mol. The quantitative estimate of drug-likeness (QED) is 0.178. The van der Waals surface area contributed by atoms with Gasteiger partial charge < -0.3 is 18.8 Å².